The zero-order chi connectivity index (χ0) is 15.4. The topological polar surface area (TPSA) is 42.0 Å². The van der Waals surface area contributed by atoms with E-state index in [0.29, 0.717) is 11.1 Å². The molecule has 0 bridgehead atoms. The molecule has 0 saturated carbocycles. The smallest absolute Gasteiger partial charge is 0.252 e. The van der Waals surface area contributed by atoms with Crippen LogP contribution >= 0.6 is 11.3 Å². The van der Waals surface area contributed by atoms with Gasteiger partial charge in [-0.25, -0.2) is 9.37 Å². The molecule has 1 aromatic heterocycles. The molecule has 5 heteroatoms. The Bertz CT molecular complexity index is 875. The summed E-state index contributed by atoms with van der Waals surface area (Å²) in [5.74, 6) is 5.23. The Morgan fingerprint density at radius 3 is 2.86 bits per heavy atom. The molecule has 0 saturated heterocycles. The number of carbonyl (C=O) groups is 1. The van der Waals surface area contributed by atoms with Crippen molar-refractivity contribution >= 4 is 27.5 Å². The maximum atomic E-state index is 12.7. The summed E-state index contributed by atoms with van der Waals surface area (Å²) in [5.41, 5.74) is 3.93. The van der Waals surface area contributed by atoms with E-state index in [1.54, 1.807) is 23.7 Å². The van der Waals surface area contributed by atoms with Gasteiger partial charge >= 0.3 is 0 Å². The van der Waals surface area contributed by atoms with E-state index in [1.807, 2.05) is 12.1 Å². The van der Waals surface area contributed by atoms with Crippen LogP contribution in [-0.2, 0) is 0 Å². The van der Waals surface area contributed by atoms with Crippen molar-refractivity contribution in [3.63, 3.8) is 0 Å². The molecule has 22 heavy (non-hydrogen) atoms. The minimum Gasteiger partial charge on any atom is -0.341 e. The van der Waals surface area contributed by atoms with Crippen LogP contribution in [-0.4, -0.2) is 17.4 Å². The summed E-state index contributed by atoms with van der Waals surface area (Å²) in [6.45, 7) is 0.233. The maximum absolute atomic E-state index is 12.7. The van der Waals surface area contributed by atoms with Crippen LogP contribution in [0.1, 0.15) is 15.9 Å². The van der Waals surface area contributed by atoms with Gasteiger partial charge in [-0.2, -0.15) is 0 Å². The van der Waals surface area contributed by atoms with Gasteiger partial charge in [0.1, 0.15) is 5.82 Å². The number of benzene rings is 2. The molecule has 0 atom stereocenters. The number of rotatable bonds is 2. The number of hydrogen-bond donors (Lipinski definition) is 1. The van der Waals surface area contributed by atoms with Crippen molar-refractivity contribution in [1.29, 1.82) is 0 Å². The first-order valence-electron chi connectivity index (χ1n) is 6.58. The van der Waals surface area contributed by atoms with E-state index in [-0.39, 0.29) is 18.3 Å². The van der Waals surface area contributed by atoms with Crippen molar-refractivity contribution in [2.24, 2.45) is 0 Å². The Labute approximate surface area is 130 Å². The Balaban J connectivity index is 1.61. The van der Waals surface area contributed by atoms with E-state index < -0.39 is 0 Å². The average molecular weight is 310 g/mol. The number of nitrogens with zero attached hydrogens (tertiary/aromatic N) is 1. The quantitative estimate of drug-likeness (QED) is 0.739. The normalized spacial score (nSPS) is 10.0. The van der Waals surface area contributed by atoms with Crippen LogP contribution in [0.2, 0.25) is 0 Å². The first-order chi connectivity index (χ1) is 10.7. The molecule has 0 aliphatic carbocycles. The van der Waals surface area contributed by atoms with Gasteiger partial charge in [-0.05, 0) is 42.5 Å². The second-order valence-electron chi connectivity index (χ2n) is 4.53. The molecule has 1 amide bonds. The Morgan fingerprint density at radius 1 is 1.23 bits per heavy atom. The molecule has 0 fully saturated rings. The predicted molar refractivity (Wildman–Crippen MR) is 85.2 cm³/mol. The molecule has 0 aliphatic heterocycles. The molecule has 0 spiro atoms. The van der Waals surface area contributed by atoms with Crippen LogP contribution in [0.25, 0.3) is 10.2 Å². The van der Waals surface area contributed by atoms with Crippen molar-refractivity contribution in [3.8, 4) is 11.8 Å². The van der Waals surface area contributed by atoms with Crippen molar-refractivity contribution in [2.75, 3.05) is 6.54 Å². The lowest BCUT2D eigenvalue weighted by molar-refractivity contribution is 0.0959. The third-order valence-corrected chi connectivity index (χ3v) is 3.80. The summed E-state index contributed by atoms with van der Waals surface area (Å²) < 4.78 is 13.7. The molecule has 2 aromatic carbocycles. The van der Waals surface area contributed by atoms with Gasteiger partial charge in [0.25, 0.3) is 5.91 Å². The first-order valence-corrected chi connectivity index (χ1v) is 7.46. The van der Waals surface area contributed by atoms with Gasteiger partial charge in [0.15, 0.2) is 0 Å². The molecule has 3 rings (SSSR count). The number of hydrogen-bond acceptors (Lipinski definition) is 3. The van der Waals surface area contributed by atoms with Crippen LogP contribution < -0.4 is 5.32 Å². The Kier molecular flexibility index (Phi) is 4.12. The zero-order valence-corrected chi connectivity index (χ0v) is 12.3. The fourth-order valence-electron chi connectivity index (χ4n) is 1.90. The predicted octanol–water partition coefficient (Wildman–Crippen LogP) is 3.22. The summed E-state index contributed by atoms with van der Waals surface area (Å²) in [7, 11) is 0. The number of amides is 1. The number of carbonyl (C=O) groups excluding carboxylic acids is 1. The molecular formula is C17H11FN2OS. The van der Waals surface area contributed by atoms with Gasteiger partial charge in [-0.15, -0.1) is 11.3 Å². The summed E-state index contributed by atoms with van der Waals surface area (Å²) in [4.78, 5) is 16.2. The summed E-state index contributed by atoms with van der Waals surface area (Å²) in [6, 6.07) is 11.3. The Hall–Kier alpha value is -2.71. The van der Waals surface area contributed by atoms with Crippen LogP contribution in [0, 0.1) is 17.7 Å². The van der Waals surface area contributed by atoms with E-state index in [2.05, 4.69) is 22.1 Å². The average Bonchev–Trinajstić information content (AvgIpc) is 3.00. The van der Waals surface area contributed by atoms with E-state index >= 15 is 0 Å². The minimum atomic E-state index is -0.294. The van der Waals surface area contributed by atoms with E-state index in [1.165, 1.54) is 23.5 Å². The lowest BCUT2D eigenvalue weighted by atomic mass is 10.2. The largest absolute Gasteiger partial charge is 0.341 e. The van der Waals surface area contributed by atoms with Crippen molar-refractivity contribution in [2.45, 2.75) is 0 Å². The second-order valence-corrected chi connectivity index (χ2v) is 5.41. The Morgan fingerprint density at radius 2 is 2.05 bits per heavy atom. The standard InChI is InChI=1S/C17H11FN2OS/c18-14-6-3-12(4-7-14)2-1-9-19-17(21)13-5-8-15-16(10-13)22-11-20-15/h3-8,10-11H,9H2,(H,19,21). The van der Waals surface area contributed by atoms with Crippen LogP contribution in [0.5, 0.6) is 0 Å². The SMILES string of the molecule is O=C(NCC#Cc1ccc(F)cc1)c1ccc2ncsc2c1. The van der Waals surface area contributed by atoms with E-state index in [4.69, 9.17) is 0 Å². The lowest BCUT2D eigenvalue weighted by Gasteiger charge is -2.01. The first kappa shape index (κ1) is 14.2. The van der Waals surface area contributed by atoms with Gasteiger partial charge in [0, 0.05) is 11.1 Å². The highest BCUT2D eigenvalue weighted by Gasteiger charge is 2.06. The van der Waals surface area contributed by atoms with E-state index in [9.17, 15) is 9.18 Å². The number of halogens is 1. The third-order valence-electron chi connectivity index (χ3n) is 3.01. The molecule has 3 nitrogen and oxygen atoms in total. The highest BCUT2D eigenvalue weighted by atomic mass is 32.1. The van der Waals surface area contributed by atoms with E-state index in [0.717, 1.165) is 10.2 Å². The fourth-order valence-corrected chi connectivity index (χ4v) is 2.62. The number of fused-ring (bicyclic) bond motifs is 1. The number of thiazole rings is 1. The third kappa shape index (κ3) is 3.30. The summed E-state index contributed by atoms with van der Waals surface area (Å²) in [5, 5.41) is 2.74. The molecule has 108 valence electrons. The van der Waals surface area contributed by atoms with Gasteiger partial charge in [0.2, 0.25) is 0 Å². The molecule has 0 unspecified atom stereocenters. The van der Waals surface area contributed by atoms with Crippen molar-refractivity contribution in [1.82, 2.24) is 10.3 Å². The van der Waals surface area contributed by atoms with Crippen LogP contribution in [0.15, 0.2) is 48.0 Å². The summed E-state index contributed by atoms with van der Waals surface area (Å²) >= 11 is 1.50. The van der Waals surface area contributed by atoms with Crippen LogP contribution in [0.4, 0.5) is 4.39 Å². The summed E-state index contributed by atoms with van der Waals surface area (Å²) in [6.07, 6.45) is 0. The van der Waals surface area contributed by atoms with Crippen molar-refractivity contribution in [3.05, 3.63) is 64.9 Å². The second kappa shape index (κ2) is 6.37. The number of nitrogens with one attached hydrogen (secondary N) is 1. The zero-order valence-electron chi connectivity index (χ0n) is 11.5. The highest BCUT2D eigenvalue weighted by Crippen LogP contribution is 2.18. The van der Waals surface area contributed by atoms with Gasteiger partial charge in [-0.1, -0.05) is 11.8 Å². The van der Waals surface area contributed by atoms with Gasteiger partial charge in [-0.3, -0.25) is 4.79 Å². The highest BCUT2D eigenvalue weighted by molar-refractivity contribution is 7.16. The van der Waals surface area contributed by atoms with Gasteiger partial charge in [0.05, 0.1) is 22.3 Å². The monoisotopic (exact) mass is 310 g/mol. The molecule has 1 N–H and O–H groups in total. The molecule has 1 heterocycles. The number of aromatic nitrogens is 1. The molecule has 0 aliphatic rings. The fraction of sp³-hybridized carbons (Fsp3) is 0.0588. The molecule has 0 radical (unpaired) electrons. The van der Waals surface area contributed by atoms with Gasteiger partial charge < -0.3 is 5.32 Å². The van der Waals surface area contributed by atoms with Crippen molar-refractivity contribution < 1.29 is 9.18 Å². The minimum absolute atomic E-state index is 0.177. The molecule has 3 aromatic rings. The van der Waals surface area contributed by atoms with Crippen LogP contribution in [0.3, 0.4) is 0 Å². The molecular weight excluding hydrogens is 299 g/mol. The lowest BCUT2D eigenvalue weighted by Crippen LogP contribution is -2.23. The maximum Gasteiger partial charge on any atom is 0.252 e.